The molecule has 16 heavy (non-hydrogen) atoms. The van der Waals surface area contributed by atoms with E-state index >= 15 is 0 Å². The first-order chi connectivity index (χ1) is 6.00. The smallest absolute Gasteiger partial charge is 0.650 e. The van der Waals surface area contributed by atoms with Gasteiger partial charge in [-0.2, -0.15) is 0 Å². The van der Waals surface area contributed by atoms with Crippen LogP contribution < -0.4 is 0 Å². The second kappa shape index (κ2) is 9.50. The fourth-order valence-corrected chi connectivity index (χ4v) is 0. The molecule has 0 fully saturated rings. The molecular formula is C9H24N3O3Ti. The first-order valence-corrected chi connectivity index (χ1v) is 4.42. The Labute approximate surface area is 113 Å². The molecule has 97 valence electrons. The number of hydrogen-bond acceptors (Lipinski definition) is 3. The molecule has 0 aliphatic heterocycles. The minimum Gasteiger partial charge on any atom is -0.650 e. The predicted molar refractivity (Wildman–Crippen MR) is 61.9 cm³/mol. The van der Waals surface area contributed by atoms with Crippen molar-refractivity contribution in [2.45, 2.75) is 58.7 Å². The first kappa shape index (κ1) is 25.4. The Bertz CT molecular complexity index is 101. The van der Waals surface area contributed by atoms with Crippen LogP contribution in [0.15, 0.2) is 0 Å². The topological polar surface area (TPSA) is 132 Å². The maximum atomic E-state index is 8.19. The minimum atomic E-state index is -1.25. The molecule has 0 unspecified atom stereocenters. The fraction of sp³-hybridized carbons (Fsp3) is 1.00. The van der Waals surface area contributed by atoms with Gasteiger partial charge in [0.15, 0.2) is 0 Å². The Morgan fingerprint density at radius 2 is 0.562 bits per heavy atom. The van der Waals surface area contributed by atoms with Crippen LogP contribution in [-0.4, -0.2) is 32.5 Å². The molecule has 6 nitrogen and oxygen atoms in total. The second-order valence-corrected chi connectivity index (χ2v) is 4.68. The van der Waals surface area contributed by atoms with Gasteiger partial charge in [0.25, 0.3) is 0 Å². The zero-order valence-corrected chi connectivity index (χ0v) is 12.4. The average Bonchev–Trinajstić information content (AvgIpc) is 1.41. The van der Waals surface area contributed by atoms with Crippen LogP contribution in [0.5, 0.6) is 0 Å². The van der Waals surface area contributed by atoms with E-state index in [2.05, 4.69) is 0 Å². The molecular weight excluding hydrogens is 246 g/mol. The number of nitrogens with one attached hydrogen (secondary N) is 3. The molecule has 0 aliphatic carbocycles. The third-order valence-electron chi connectivity index (χ3n) is 0. The van der Waals surface area contributed by atoms with Crippen molar-refractivity contribution < 1.29 is 37.0 Å². The summed E-state index contributed by atoms with van der Waals surface area (Å²) in [6.07, 6.45) is 0. The third kappa shape index (κ3) is 11700. The molecule has 0 saturated carbocycles. The van der Waals surface area contributed by atoms with Crippen LogP contribution in [-0.2, 0) is 21.7 Å². The van der Waals surface area contributed by atoms with E-state index in [0.717, 1.165) is 0 Å². The normalized spacial score (nSPS) is 11.2. The molecule has 0 bridgehead atoms. The molecule has 0 amide bonds. The molecule has 0 aromatic rings. The Kier molecular flexibility index (Phi) is 15.1. The molecule has 1 radical (unpaired) electrons. The van der Waals surface area contributed by atoms with Crippen LogP contribution >= 0.6 is 0 Å². The summed E-state index contributed by atoms with van der Waals surface area (Å²) >= 11 is 0. The van der Waals surface area contributed by atoms with Gasteiger partial charge in [-0.1, -0.05) is 41.5 Å². The Balaban J connectivity index is -0.0000000655. The monoisotopic (exact) mass is 270 g/mol. The molecule has 7 heteroatoms. The Morgan fingerprint density at radius 1 is 0.562 bits per heavy atom. The standard InChI is InChI=1S/3C3H8NO.Ti/c3*1-3(2,4)5;/h3*4-5H,1-2H3;/q3*-1;+3. The van der Waals surface area contributed by atoms with Gasteiger partial charge in [-0.25, -0.2) is 0 Å². The summed E-state index contributed by atoms with van der Waals surface area (Å²) in [4.78, 5) is 0. The largest absolute Gasteiger partial charge is 3.00 e. The van der Waals surface area contributed by atoms with E-state index in [1.165, 1.54) is 41.5 Å². The molecule has 0 heterocycles. The molecule has 0 rings (SSSR count). The van der Waals surface area contributed by atoms with Gasteiger partial charge in [0.2, 0.25) is 0 Å². The van der Waals surface area contributed by atoms with Crippen molar-refractivity contribution >= 4 is 0 Å². The Morgan fingerprint density at radius 3 is 0.562 bits per heavy atom. The van der Waals surface area contributed by atoms with Crippen molar-refractivity contribution in [1.82, 2.24) is 0 Å². The summed E-state index contributed by atoms with van der Waals surface area (Å²) in [6.45, 7) is 8.46. The molecule has 0 aromatic heterocycles. The number of rotatable bonds is 0. The van der Waals surface area contributed by atoms with E-state index in [4.69, 9.17) is 32.5 Å². The molecule has 0 saturated heterocycles. The summed E-state index contributed by atoms with van der Waals surface area (Å²) < 4.78 is 0. The van der Waals surface area contributed by atoms with Gasteiger partial charge < -0.3 is 32.5 Å². The second-order valence-electron chi connectivity index (χ2n) is 4.68. The van der Waals surface area contributed by atoms with E-state index in [0.29, 0.717) is 0 Å². The first-order valence-electron chi connectivity index (χ1n) is 4.42. The van der Waals surface area contributed by atoms with E-state index in [1.54, 1.807) is 0 Å². The van der Waals surface area contributed by atoms with Gasteiger partial charge in [-0.05, 0) is 17.2 Å². The van der Waals surface area contributed by atoms with Crippen LogP contribution in [0.1, 0.15) is 41.5 Å². The van der Waals surface area contributed by atoms with Crippen LogP contribution in [0, 0.1) is 0 Å². The Hall–Kier alpha value is 0.474. The van der Waals surface area contributed by atoms with E-state index in [9.17, 15) is 0 Å². The van der Waals surface area contributed by atoms with Gasteiger partial charge >= 0.3 is 21.7 Å². The van der Waals surface area contributed by atoms with Crippen LogP contribution in [0.25, 0.3) is 17.2 Å². The third-order valence-corrected chi connectivity index (χ3v) is 0. The molecule has 6 N–H and O–H groups in total. The van der Waals surface area contributed by atoms with Crippen molar-refractivity contribution in [2.75, 3.05) is 0 Å². The summed E-state index contributed by atoms with van der Waals surface area (Å²) in [5.41, 5.74) is 15.7. The van der Waals surface area contributed by atoms with Crippen molar-refractivity contribution in [3.05, 3.63) is 17.2 Å². The van der Waals surface area contributed by atoms with Crippen molar-refractivity contribution in [3.63, 3.8) is 0 Å². The number of hydrogen-bond donors (Lipinski definition) is 3. The maximum absolute atomic E-state index is 8.19. The molecule has 0 aliphatic rings. The zero-order valence-electron chi connectivity index (χ0n) is 10.8. The summed E-state index contributed by atoms with van der Waals surface area (Å²) in [5.74, 6) is 0. The van der Waals surface area contributed by atoms with Crippen LogP contribution in [0.2, 0.25) is 0 Å². The zero-order chi connectivity index (χ0) is 13.5. The SMILES string of the molecule is CC(C)([NH-])O.CC(C)([NH-])O.CC(C)([NH-])O.[Ti+3]. The van der Waals surface area contributed by atoms with Crippen molar-refractivity contribution in [1.29, 1.82) is 0 Å². The van der Waals surface area contributed by atoms with E-state index in [-0.39, 0.29) is 21.7 Å². The molecule has 0 spiro atoms. The van der Waals surface area contributed by atoms with E-state index in [1.807, 2.05) is 0 Å². The van der Waals surface area contributed by atoms with Gasteiger partial charge in [0.1, 0.15) is 0 Å². The average molecular weight is 270 g/mol. The van der Waals surface area contributed by atoms with Crippen molar-refractivity contribution in [2.24, 2.45) is 0 Å². The minimum absolute atomic E-state index is 0. The quantitative estimate of drug-likeness (QED) is 0.583. The van der Waals surface area contributed by atoms with Gasteiger partial charge in [0.05, 0.1) is 0 Å². The summed E-state index contributed by atoms with van der Waals surface area (Å²) in [5, 5.41) is 24.6. The predicted octanol–water partition coefficient (Wildman–Crippen LogP) is 2.30. The van der Waals surface area contributed by atoms with Crippen LogP contribution in [0.3, 0.4) is 0 Å². The molecule has 0 atom stereocenters. The summed E-state index contributed by atoms with van der Waals surface area (Å²) in [7, 11) is 0. The fourth-order valence-electron chi connectivity index (χ4n) is 0. The van der Waals surface area contributed by atoms with Crippen LogP contribution in [0.4, 0.5) is 0 Å². The van der Waals surface area contributed by atoms with Gasteiger partial charge in [0, 0.05) is 0 Å². The van der Waals surface area contributed by atoms with Crippen molar-refractivity contribution in [3.8, 4) is 0 Å². The number of aliphatic hydroxyl groups is 3. The molecule has 0 aromatic carbocycles. The van der Waals surface area contributed by atoms with E-state index < -0.39 is 17.2 Å². The van der Waals surface area contributed by atoms with Gasteiger partial charge in [-0.15, -0.1) is 0 Å². The van der Waals surface area contributed by atoms with Gasteiger partial charge in [-0.3, -0.25) is 0 Å². The summed E-state index contributed by atoms with van der Waals surface area (Å²) in [6, 6.07) is 0. The maximum Gasteiger partial charge on any atom is 3.00 e.